The largest absolute Gasteiger partial charge is 0.387 e. The lowest BCUT2D eigenvalue weighted by Crippen LogP contribution is -2.55. The number of carbonyl (C=O) groups is 1. The van der Waals surface area contributed by atoms with E-state index in [1.165, 1.54) is 25.7 Å². The number of fused-ring (bicyclic) bond motifs is 5. The van der Waals surface area contributed by atoms with Gasteiger partial charge in [-0.1, -0.05) is 12.1 Å². The molecular formula is C25H39N3O3. The molecule has 0 aromatic carbocycles. The van der Waals surface area contributed by atoms with E-state index in [1.807, 2.05) is 13.8 Å². The van der Waals surface area contributed by atoms with Crippen LogP contribution in [0.1, 0.15) is 72.1 Å². The minimum Gasteiger partial charge on any atom is -0.387 e. The van der Waals surface area contributed by atoms with Crippen molar-refractivity contribution in [2.24, 2.45) is 40.9 Å². The third kappa shape index (κ3) is 3.58. The number of ketones is 1. The van der Waals surface area contributed by atoms with Crippen LogP contribution in [0.5, 0.6) is 0 Å². The number of carbonyl (C=O) groups excluding carboxylic acids is 1. The van der Waals surface area contributed by atoms with E-state index in [2.05, 4.69) is 17.2 Å². The quantitative estimate of drug-likeness (QED) is 0.769. The van der Waals surface area contributed by atoms with Gasteiger partial charge in [0.1, 0.15) is 6.54 Å². The first kappa shape index (κ1) is 21.6. The Morgan fingerprint density at radius 2 is 2.00 bits per heavy atom. The summed E-state index contributed by atoms with van der Waals surface area (Å²) in [5, 5.41) is 18.9. The molecule has 0 unspecified atom stereocenters. The number of nitrogens with zero attached hydrogens (tertiary/aromatic N) is 3. The molecule has 0 saturated heterocycles. The van der Waals surface area contributed by atoms with Crippen LogP contribution < -0.4 is 0 Å². The smallest absolute Gasteiger partial charge is 0.157 e. The van der Waals surface area contributed by atoms with Crippen LogP contribution in [0.2, 0.25) is 0 Å². The molecule has 9 atom stereocenters. The van der Waals surface area contributed by atoms with Gasteiger partial charge in [-0.25, -0.2) is 4.68 Å². The van der Waals surface area contributed by atoms with Crippen molar-refractivity contribution in [2.75, 3.05) is 6.61 Å². The lowest BCUT2D eigenvalue weighted by molar-refractivity contribution is -0.172. The first-order valence-corrected chi connectivity index (χ1v) is 12.5. The van der Waals surface area contributed by atoms with Crippen molar-refractivity contribution in [1.82, 2.24) is 15.0 Å². The Bertz CT molecular complexity index is 794. The van der Waals surface area contributed by atoms with E-state index in [1.54, 1.807) is 17.1 Å². The van der Waals surface area contributed by atoms with Gasteiger partial charge in [-0.2, -0.15) is 0 Å². The fourth-order valence-corrected chi connectivity index (χ4v) is 8.58. The van der Waals surface area contributed by atoms with E-state index in [9.17, 15) is 9.90 Å². The molecule has 6 heteroatoms. The van der Waals surface area contributed by atoms with E-state index in [0.717, 1.165) is 37.5 Å². The molecule has 0 radical (unpaired) electrons. The van der Waals surface area contributed by atoms with E-state index in [0.29, 0.717) is 36.7 Å². The van der Waals surface area contributed by atoms with Gasteiger partial charge in [0, 0.05) is 18.7 Å². The summed E-state index contributed by atoms with van der Waals surface area (Å²) < 4.78 is 7.70. The number of rotatable bonds is 5. The summed E-state index contributed by atoms with van der Waals surface area (Å²) in [4.78, 5) is 13.2. The Morgan fingerprint density at radius 3 is 2.74 bits per heavy atom. The van der Waals surface area contributed by atoms with Gasteiger partial charge in [0.2, 0.25) is 0 Å². The van der Waals surface area contributed by atoms with Crippen molar-refractivity contribution in [1.29, 1.82) is 0 Å². The van der Waals surface area contributed by atoms with E-state index >= 15 is 0 Å². The minimum atomic E-state index is -0.695. The summed E-state index contributed by atoms with van der Waals surface area (Å²) in [5.41, 5.74) is -0.565. The van der Waals surface area contributed by atoms with Gasteiger partial charge in [-0.15, -0.1) is 5.10 Å². The average molecular weight is 430 g/mol. The van der Waals surface area contributed by atoms with E-state index < -0.39 is 5.60 Å². The van der Waals surface area contributed by atoms with Gasteiger partial charge in [0.05, 0.1) is 17.9 Å². The van der Waals surface area contributed by atoms with Crippen LogP contribution in [0.3, 0.4) is 0 Å². The lowest BCUT2D eigenvalue weighted by Gasteiger charge is -2.58. The first-order chi connectivity index (χ1) is 14.8. The molecule has 5 rings (SSSR count). The number of ether oxygens (including phenoxy) is 1. The second kappa shape index (κ2) is 7.95. The van der Waals surface area contributed by atoms with Gasteiger partial charge in [0.15, 0.2) is 5.78 Å². The Morgan fingerprint density at radius 1 is 1.16 bits per heavy atom. The van der Waals surface area contributed by atoms with Crippen molar-refractivity contribution >= 4 is 5.78 Å². The summed E-state index contributed by atoms with van der Waals surface area (Å²) in [6.45, 7) is 7.45. The molecule has 6 nitrogen and oxygen atoms in total. The number of hydrogen-bond acceptors (Lipinski definition) is 5. The molecule has 4 aliphatic rings. The highest BCUT2D eigenvalue weighted by Crippen LogP contribution is 2.64. The third-order valence-corrected chi connectivity index (χ3v) is 9.92. The van der Waals surface area contributed by atoms with Crippen LogP contribution in [-0.2, 0) is 16.1 Å². The molecule has 172 valence electrons. The molecule has 1 N–H and O–H groups in total. The summed E-state index contributed by atoms with van der Waals surface area (Å²) in [6.07, 6.45) is 12.4. The maximum atomic E-state index is 13.2. The Hall–Kier alpha value is -1.27. The van der Waals surface area contributed by atoms with Crippen LogP contribution >= 0.6 is 0 Å². The molecule has 0 bridgehead atoms. The topological polar surface area (TPSA) is 77.2 Å². The molecule has 31 heavy (non-hydrogen) atoms. The summed E-state index contributed by atoms with van der Waals surface area (Å²) in [6, 6.07) is 0. The second-order valence-electron chi connectivity index (χ2n) is 11.4. The highest BCUT2D eigenvalue weighted by Gasteiger charge is 2.59. The Labute approximate surface area is 186 Å². The molecule has 1 aromatic heterocycles. The Balaban J connectivity index is 1.32. The number of Topliss-reactive ketones (excluding diaryl/α,β-unsaturated/α-hetero) is 1. The molecule has 4 aliphatic carbocycles. The van der Waals surface area contributed by atoms with Crippen LogP contribution in [-0.4, -0.2) is 44.2 Å². The molecular weight excluding hydrogens is 390 g/mol. The van der Waals surface area contributed by atoms with Gasteiger partial charge in [0.25, 0.3) is 0 Å². The predicted octanol–water partition coefficient (Wildman–Crippen LogP) is 3.88. The van der Waals surface area contributed by atoms with Gasteiger partial charge < -0.3 is 9.84 Å². The zero-order valence-electron chi connectivity index (χ0n) is 19.4. The van der Waals surface area contributed by atoms with Crippen molar-refractivity contribution < 1.29 is 14.6 Å². The van der Waals surface area contributed by atoms with Gasteiger partial charge >= 0.3 is 0 Å². The molecule has 1 heterocycles. The van der Waals surface area contributed by atoms with Crippen molar-refractivity contribution in [3.8, 4) is 0 Å². The first-order valence-electron chi connectivity index (χ1n) is 12.5. The number of aliphatic hydroxyl groups is 1. The maximum absolute atomic E-state index is 13.2. The molecule has 0 amide bonds. The van der Waals surface area contributed by atoms with Crippen molar-refractivity contribution in [2.45, 2.75) is 90.4 Å². The molecule has 0 spiro atoms. The zero-order valence-corrected chi connectivity index (χ0v) is 19.4. The fraction of sp³-hybridized carbons (Fsp3) is 0.880. The van der Waals surface area contributed by atoms with E-state index in [-0.39, 0.29) is 17.4 Å². The molecule has 4 fully saturated rings. The SMILES string of the molecule is CCO[C@H]1C[C@H]2[C@@H](CC[C@@H]3[C@@H]2CC[C@]2(C)[C@@H](C(=O)Cn4ccnn4)CC[C@@H]32)C[C@]1(C)O. The zero-order chi connectivity index (χ0) is 21.8. The van der Waals surface area contributed by atoms with Crippen LogP contribution in [0.15, 0.2) is 12.4 Å². The van der Waals surface area contributed by atoms with E-state index in [4.69, 9.17) is 4.74 Å². The monoisotopic (exact) mass is 429 g/mol. The maximum Gasteiger partial charge on any atom is 0.157 e. The van der Waals surface area contributed by atoms with Gasteiger partial charge in [-0.3, -0.25) is 4.79 Å². The van der Waals surface area contributed by atoms with Crippen molar-refractivity contribution in [3.05, 3.63) is 12.4 Å². The van der Waals surface area contributed by atoms with Crippen LogP contribution in [0.4, 0.5) is 0 Å². The predicted molar refractivity (Wildman–Crippen MR) is 117 cm³/mol. The lowest BCUT2D eigenvalue weighted by atomic mass is 9.48. The van der Waals surface area contributed by atoms with Gasteiger partial charge in [-0.05, 0) is 100 Å². The average Bonchev–Trinajstić information content (AvgIpc) is 3.35. The summed E-state index contributed by atoms with van der Waals surface area (Å²) in [5.74, 6) is 3.92. The summed E-state index contributed by atoms with van der Waals surface area (Å²) >= 11 is 0. The highest BCUT2D eigenvalue weighted by atomic mass is 16.5. The molecule has 0 aliphatic heterocycles. The normalized spacial score (nSPS) is 46.8. The second-order valence-corrected chi connectivity index (χ2v) is 11.4. The van der Waals surface area contributed by atoms with Crippen LogP contribution in [0.25, 0.3) is 0 Å². The number of hydrogen-bond donors (Lipinski definition) is 1. The number of aromatic nitrogens is 3. The highest BCUT2D eigenvalue weighted by molar-refractivity contribution is 5.82. The third-order valence-electron chi connectivity index (χ3n) is 9.92. The summed E-state index contributed by atoms with van der Waals surface area (Å²) in [7, 11) is 0. The molecule has 1 aromatic rings. The standard InChI is InChI=1S/C25H39N3O3/c1-4-31-23-13-19-16(14-25(23,3)30)5-6-18-17(19)9-10-24(2)20(18)7-8-21(24)22(29)15-28-12-11-26-27-28/h11-12,16-21,23,30H,4-10,13-15H2,1-3H3/t16-,17-,18+,19-,20-,21+,23-,24-,25-/m0/s1. The fourth-order valence-electron chi connectivity index (χ4n) is 8.58. The Kier molecular flexibility index (Phi) is 5.53. The minimum absolute atomic E-state index is 0.0357. The van der Waals surface area contributed by atoms with Crippen molar-refractivity contribution in [3.63, 3.8) is 0 Å². The molecule has 4 saturated carbocycles. The van der Waals surface area contributed by atoms with Crippen LogP contribution in [0, 0.1) is 40.9 Å².